The molecule has 0 aromatic heterocycles. The Morgan fingerprint density at radius 2 is 1.69 bits per heavy atom. The first kappa shape index (κ1) is 12.2. The SMILES string of the molecule is CC(C)(c1cc(Cl)cc(Cl)c1)N1CC(O)C1. The number of hydrogen-bond acceptors (Lipinski definition) is 2. The van der Waals surface area contributed by atoms with E-state index in [9.17, 15) is 5.11 Å². The van der Waals surface area contributed by atoms with Crippen molar-refractivity contribution in [3.8, 4) is 0 Å². The molecule has 0 aliphatic carbocycles. The number of aliphatic hydroxyl groups is 1. The number of aliphatic hydroxyl groups excluding tert-OH is 1. The summed E-state index contributed by atoms with van der Waals surface area (Å²) in [6.07, 6.45) is -0.200. The molecule has 1 aliphatic rings. The summed E-state index contributed by atoms with van der Waals surface area (Å²) in [5.74, 6) is 0. The number of β-amino-alcohol motifs (C(OH)–C–C–N with tert-alkyl or cyclic N) is 1. The summed E-state index contributed by atoms with van der Waals surface area (Å²) in [6, 6.07) is 5.59. The molecular weight excluding hydrogens is 245 g/mol. The average Bonchev–Trinajstić information content (AvgIpc) is 2.11. The van der Waals surface area contributed by atoms with Crippen LogP contribution in [0.5, 0.6) is 0 Å². The predicted octanol–water partition coefficient (Wildman–Crippen LogP) is 2.91. The highest BCUT2D eigenvalue weighted by Gasteiger charge is 2.37. The van der Waals surface area contributed by atoms with Crippen molar-refractivity contribution in [3.05, 3.63) is 33.8 Å². The van der Waals surface area contributed by atoms with Gasteiger partial charge < -0.3 is 5.11 Å². The molecule has 4 heteroatoms. The lowest BCUT2D eigenvalue weighted by Gasteiger charge is -2.47. The summed E-state index contributed by atoms with van der Waals surface area (Å²) in [4.78, 5) is 2.21. The smallest absolute Gasteiger partial charge is 0.0794 e. The second-order valence-electron chi connectivity index (χ2n) is 4.78. The van der Waals surface area contributed by atoms with Crippen LogP contribution in [-0.4, -0.2) is 29.2 Å². The predicted molar refractivity (Wildman–Crippen MR) is 67.1 cm³/mol. The number of benzene rings is 1. The average molecular weight is 260 g/mol. The Bertz CT molecular complexity index is 380. The Hall–Kier alpha value is -0.280. The lowest BCUT2D eigenvalue weighted by Crippen LogP contribution is -2.58. The molecule has 1 saturated heterocycles. The van der Waals surface area contributed by atoms with E-state index in [2.05, 4.69) is 18.7 Å². The fourth-order valence-electron chi connectivity index (χ4n) is 2.00. The minimum absolute atomic E-state index is 0.145. The molecule has 0 bridgehead atoms. The van der Waals surface area contributed by atoms with E-state index in [4.69, 9.17) is 23.2 Å². The molecule has 2 nitrogen and oxygen atoms in total. The van der Waals surface area contributed by atoms with Crippen LogP contribution in [0.25, 0.3) is 0 Å². The van der Waals surface area contributed by atoms with Gasteiger partial charge in [0.25, 0.3) is 0 Å². The fourth-order valence-corrected chi connectivity index (χ4v) is 2.53. The molecule has 0 amide bonds. The molecule has 0 saturated carbocycles. The fraction of sp³-hybridized carbons (Fsp3) is 0.500. The first-order valence-corrected chi connectivity index (χ1v) is 6.05. The van der Waals surface area contributed by atoms with Gasteiger partial charge in [0.15, 0.2) is 0 Å². The molecule has 16 heavy (non-hydrogen) atoms. The van der Waals surface area contributed by atoms with Crippen molar-refractivity contribution in [1.82, 2.24) is 4.90 Å². The summed E-state index contributed by atoms with van der Waals surface area (Å²) < 4.78 is 0. The first-order chi connectivity index (χ1) is 7.39. The maximum Gasteiger partial charge on any atom is 0.0794 e. The monoisotopic (exact) mass is 259 g/mol. The molecule has 0 unspecified atom stereocenters. The Labute approximate surface area is 106 Å². The molecule has 1 aromatic carbocycles. The highest BCUT2D eigenvalue weighted by Crippen LogP contribution is 2.34. The van der Waals surface area contributed by atoms with E-state index in [1.165, 1.54) is 0 Å². The first-order valence-electron chi connectivity index (χ1n) is 5.29. The minimum atomic E-state index is -0.200. The molecule has 2 rings (SSSR count). The molecule has 88 valence electrons. The molecule has 1 aromatic rings. The van der Waals surface area contributed by atoms with Crippen LogP contribution in [0.2, 0.25) is 10.0 Å². The quantitative estimate of drug-likeness (QED) is 0.883. The number of nitrogens with zero attached hydrogens (tertiary/aromatic N) is 1. The zero-order chi connectivity index (χ0) is 11.9. The van der Waals surface area contributed by atoms with Crippen molar-refractivity contribution < 1.29 is 5.11 Å². The molecule has 0 atom stereocenters. The normalized spacial score (nSPS) is 18.6. The third kappa shape index (κ3) is 2.21. The summed E-state index contributed by atoms with van der Waals surface area (Å²) >= 11 is 12.0. The molecule has 0 radical (unpaired) electrons. The van der Waals surface area contributed by atoms with E-state index >= 15 is 0 Å². The molecule has 1 N–H and O–H groups in total. The Morgan fingerprint density at radius 3 is 2.12 bits per heavy atom. The minimum Gasteiger partial charge on any atom is -0.390 e. The Balaban J connectivity index is 2.28. The van der Waals surface area contributed by atoms with Gasteiger partial charge in [-0.25, -0.2) is 0 Å². The van der Waals surface area contributed by atoms with Crippen molar-refractivity contribution in [2.45, 2.75) is 25.5 Å². The lowest BCUT2D eigenvalue weighted by molar-refractivity contribution is -0.0574. The van der Waals surface area contributed by atoms with Crippen LogP contribution in [0.3, 0.4) is 0 Å². The largest absolute Gasteiger partial charge is 0.390 e. The maximum absolute atomic E-state index is 9.34. The van der Waals surface area contributed by atoms with Crippen LogP contribution >= 0.6 is 23.2 Å². The highest BCUT2D eigenvalue weighted by atomic mass is 35.5. The second-order valence-corrected chi connectivity index (χ2v) is 5.65. The van der Waals surface area contributed by atoms with Crippen LogP contribution < -0.4 is 0 Å². The standard InChI is InChI=1S/C12H15Cl2NO/c1-12(2,15-6-11(16)7-15)8-3-9(13)5-10(14)4-8/h3-5,11,16H,6-7H2,1-2H3. The van der Waals surface area contributed by atoms with Gasteiger partial charge >= 0.3 is 0 Å². The zero-order valence-electron chi connectivity index (χ0n) is 9.37. The van der Waals surface area contributed by atoms with Crippen LogP contribution in [0.4, 0.5) is 0 Å². The van der Waals surface area contributed by atoms with Gasteiger partial charge in [-0.05, 0) is 37.6 Å². The lowest BCUT2D eigenvalue weighted by atomic mass is 9.89. The highest BCUT2D eigenvalue weighted by molar-refractivity contribution is 6.34. The van der Waals surface area contributed by atoms with Crippen molar-refractivity contribution >= 4 is 23.2 Å². The van der Waals surface area contributed by atoms with Gasteiger partial charge in [0, 0.05) is 28.7 Å². The summed E-state index contributed by atoms with van der Waals surface area (Å²) in [5, 5.41) is 10.6. The van der Waals surface area contributed by atoms with Gasteiger partial charge in [-0.2, -0.15) is 0 Å². The van der Waals surface area contributed by atoms with E-state index in [0.29, 0.717) is 23.1 Å². The van der Waals surface area contributed by atoms with Crippen LogP contribution in [0.1, 0.15) is 19.4 Å². The number of halogens is 2. The Kier molecular flexibility index (Phi) is 3.19. The van der Waals surface area contributed by atoms with Gasteiger partial charge in [-0.15, -0.1) is 0 Å². The zero-order valence-corrected chi connectivity index (χ0v) is 10.9. The topological polar surface area (TPSA) is 23.5 Å². The van der Waals surface area contributed by atoms with E-state index in [1.54, 1.807) is 6.07 Å². The molecule has 1 fully saturated rings. The van der Waals surface area contributed by atoms with Gasteiger partial charge in [-0.3, -0.25) is 4.90 Å². The van der Waals surface area contributed by atoms with Crippen molar-refractivity contribution in [1.29, 1.82) is 0 Å². The van der Waals surface area contributed by atoms with Crippen LogP contribution in [0, 0.1) is 0 Å². The third-order valence-electron chi connectivity index (χ3n) is 3.22. The number of rotatable bonds is 2. The van der Waals surface area contributed by atoms with Gasteiger partial charge in [-0.1, -0.05) is 23.2 Å². The number of hydrogen-bond donors (Lipinski definition) is 1. The van der Waals surface area contributed by atoms with Gasteiger partial charge in [0.05, 0.1) is 6.10 Å². The van der Waals surface area contributed by atoms with E-state index < -0.39 is 0 Å². The number of likely N-dealkylation sites (tertiary alicyclic amines) is 1. The van der Waals surface area contributed by atoms with Crippen molar-refractivity contribution in [3.63, 3.8) is 0 Å². The molecular formula is C12H15Cl2NO. The van der Waals surface area contributed by atoms with Crippen LogP contribution in [0.15, 0.2) is 18.2 Å². The van der Waals surface area contributed by atoms with Gasteiger partial charge in [0.1, 0.15) is 0 Å². The Morgan fingerprint density at radius 1 is 1.19 bits per heavy atom. The third-order valence-corrected chi connectivity index (χ3v) is 3.66. The van der Waals surface area contributed by atoms with E-state index in [1.807, 2.05) is 12.1 Å². The van der Waals surface area contributed by atoms with Crippen LogP contribution in [-0.2, 0) is 5.54 Å². The molecule has 0 spiro atoms. The maximum atomic E-state index is 9.34. The summed E-state index contributed by atoms with van der Waals surface area (Å²) in [5.41, 5.74) is 0.935. The summed E-state index contributed by atoms with van der Waals surface area (Å²) in [7, 11) is 0. The van der Waals surface area contributed by atoms with Crippen molar-refractivity contribution in [2.24, 2.45) is 0 Å². The second kappa shape index (κ2) is 4.19. The van der Waals surface area contributed by atoms with Crippen molar-refractivity contribution in [2.75, 3.05) is 13.1 Å². The molecule has 1 aliphatic heterocycles. The van der Waals surface area contributed by atoms with E-state index in [-0.39, 0.29) is 11.6 Å². The molecule has 1 heterocycles. The van der Waals surface area contributed by atoms with Gasteiger partial charge in [0.2, 0.25) is 0 Å². The van der Waals surface area contributed by atoms with E-state index in [0.717, 1.165) is 5.56 Å². The summed E-state index contributed by atoms with van der Waals surface area (Å²) in [6.45, 7) is 5.63.